The smallest absolute Gasteiger partial charge is 0.147 e. The highest BCUT2D eigenvalue weighted by molar-refractivity contribution is 7.26. The normalized spacial score (nSPS) is 12.6. The second-order valence-electron chi connectivity index (χ2n) is 13.2. The number of hydrogen-bond acceptors (Lipinski definition) is 3. The second-order valence-corrected chi connectivity index (χ2v) is 14.2. The number of thiophene rings is 1. The molecule has 10 aromatic rings. The SMILES string of the molecule is [2H]C([2H])([2H])c1ccccc1-c1ccc2c(n1)sc1c(-c3nc4ccccc4n3-c3ccc(-c4ccccc4)cc3-c3ccccc3)ccc(-c3ccccc3)c12. The Morgan fingerprint density at radius 3 is 1.94 bits per heavy atom. The van der Waals surface area contributed by atoms with E-state index in [1.54, 1.807) is 23.5 Å². The standard InChI is InChI=1S/C49H33N3S/c1-32-15-11-12-22-37(32)42-29-28-39-46-38(34-18-7-3-8-19-34)26-27-40(47(46)53-49(39)51-42)48-50-43-23-13-14-24-45(43)52(48)44-30-25-36(33-16-5-2-6-17-33)31-41(44)35-20-9-4-10-21-35/h2-31H,1H3/i1D3. The molecule has 250 valence electrons. The number of rotatable bonds is 6. The van der Waals surface area contributed by atoms with Crippen LogP contribution in [-0.2, 0) is 0 Å². The number of imidazole rings is 1. The molecule has 3 nitrogen and oxygen atoms in total. The van der Waals surface area contributed by atoms with Crippen molar-refractivity contribution in [2.24, 2.45) is 0 Å². The van der Waals surface area contributed by atoms with E-state index in [9.17, 15) is 0 Å². The van der Waals surface area contributed by atoms with E-state index in [4.69, 9.17) is 14.1 Å². The predicted octanol–water partition coefficient (Wildman–Crippen LogP) is 13.4. The Balaban J connectivity index is 1.26. The molecule has 7 aromatic carbocycles. The topological polar surface area (TPSA) is 30.7 Å². The number of pyridine rings is 1. The average Bonchev–Trinajstić information content (AvgIpc) is 3.83. The molecule has 3 heterocycles. The van der Waals surface area contributed by atoms with Crippen LogP contribution in [0.25, 0.3) is 93.0 Å². The minimum atomic E-state index is -2.27. The van der Waals surface area contributed by atoms with Crippen molar-refractivity contribution in [2.75, 3.05) is 0 Å². The summed E-state index contributed by atoms with van der Waals surface area (Å²) in [5, 5.41) is 2.11. The monoisotopic (exact) mass is 698 g/mol. The summed E-state index contributed by atoms with van der Waals surface area (Å²) in [7, 11) is 0. The lowest BCUT2D eigenvalue weighted by atomic mass is 9.96. The number of benzene rings is 7. The molecule has 0 saturated carbocycles. The van der Waals surface area contributed by atoms with Crippen LogP contribution in [0.1, 0.15) is 9.68 Å². The second kappa shape index (κ2) is 12.9. The molecule has 0 unspecified atom stereocenters. The van der Waals surface area contributed by atoms with Crippen LogP contribution in [0.2, 0.25) is 0 Å². The van der Waals surface area contributed by atoms with Gasteiger partial charge in [0.25, 0.3) is 0 Å². The van der Waals surface area contributed by atoms with Crippen LogP contribution in [0, 0.1) is 6.85 Å². The molecular weight excluding hydrogens is 663 g/mol. The first-order valence-electron chi connectivity index (χ1n) is 19.2. The first-order chi connectivity index (χ1) is 27.4. The van der Waals surface area contributed by atoms with Crippen LogP contribution < -0.4 is 0 Å². The van der Waals surface area contributed by atoms with Crippen LogP contribution in [0.5, 0.6) is 0 Å². The van der Waals surface area contributed by atoms with Gasteiger partial charge < -0.3 is 0 Å². The highest BCUT2D eigenvalue weighted by Gasteiger charge is 2.23. The fourth-order valence-electron chi connectivity index (χ4n) is 7.49. The van der Waals surface area contributed by atoms with E-state index in [1.165, 1.54) is 0 Å². The molecule has 0 radical (unpaired) electrons. The molecule has 0 aliphatic heterocycles. The van der Waals surface area contributed by atoms with E-state index in [0.29, 0.717) is 16.8 Å². The molecule has 0 aliphatic carbocycles. The number of hydrogen-bond donors (Lipinski definition) is 0. The van der Waals surface area contributed by atoms with Gasteiger partial charge in [0.05, 0.1) is 22.4 Å². The van der Waals surface area contributed by atoms with Crippen LogP contribution in [0.4, 0.5) is 0 Å². The van der Waals surface area contributed by atoms with Gasteiger partial charge in [0.15, 0.2) is 0 Å². The minimum Gasteiger partial charge on any atom is -0.292 e. The van der Waals surface area contributed by atoms with Crippen LogP contribution in [0.3, 0.4) is 0 Å². The lowest BCUT2D eigenvalue weighted by Crippen LogP contribution is -2.01. The lowest BCUT2D eigenvalue weighted by Gasteiger charge is -2.17. The van der Waals surface area contributed by atoms with Crippen LogP contribution in [-0.4, -0.2) is 14.5 Å². The van der Waals surface area contributed by atoms with Gasteiger partial charge in [-0.1, -0.05) is 140 Å². The van der Waals surface area contributed by atoms with Gasteiger partial charge in [0, 0.05) is 36.3 Å². The Morgan fingerprint density at radius 1 is 0.509 bits per heavy atom. The molecule has 3 aromatic heterocycles. The molecule has 0 amide bonds. The highest BCUT2D eigenvalue weighted by atomic mass is 32.1. The van der Waals surface area contributed by atoms with Crippen molar-refractivity contribution in [2.45, 2.75) is 6.85 Å². The van der Waals surface area contributed by atoms with Crippen molar-refractivity contribution in [1.82, 2.24) is 14.5 Å². The zero-order chi connectivity index (χ0) is 37.8. The summed E-state index contributed by atoms with van der Waals surface area (Å²) in [5.41, 5.74) is 12.2. The van der Waals surface area contributed by atoms with E-state index in [0.717, 1.165) is 81.8 Å². The lowest BCUT2D eigenvalue weighted by molar-refractivity contribution is 1.11. The Labute approximate surface area is 316 Å². The maximum absolute atomic E-state index is 8.22. The number of nitrogens with zero attached hydrogens (tertiary/aromatic N) is 3. The largest absolute Gasteiger partial charge is 0.292 e. The highest BCUT2D eigenvalue weighted by Crippen LogP contribution is 2.46. The Morgan fingerprint density at radius 2 is 1.17 bits per heavy atom. The summed E-state index contributed by atoms with van der Waals surface area (Å²) >= 11 is 1.62. The molecule has 10 rings (SSSR count). The third kappa shape index (κ3) is 5.35. The predicted molar refractivity (Wildman–Crippen MR) is 224 cm³/mol. The zero-order valence-corrected chi connectivity index (χ0v) is 29.4. The summed E-state index contributed by atoms with van der Waals surface area (Å²) in [6.45, 7) is -2.27. The molecule has 0 aliphatic rings. The summed E-state index contributed by atoms with van der Waals surface area (Å²) in [6, 6.07) is 62.1. The van der Waals surface area contributed by atoms with Crippen molar-refractivity contribution >= 4 is 42.7 Å². The minimum absolute atomic E-state index is 0.292. The van der Waals surface area contributed by atoms with Crippen molar-refractivity contribution < 1.29 is 4.11 Å². The van der Waals surface area contributed by atoms with Crippen LogP contribution in [0.15, 0.2) is 182 Å². The van der Waals surface area contributed by atoms with Gasteiger partial charge in [0.2, 0.25) is 0 Å². The average molecular weight is 699 g/mol. The van der Waals surface area contributed by atoms with Crippen molar-refractivity contribution in [3.05, 3.63) is 188 Å². The summed E-state index contributed by atoms with van der Waals surface area (Å²) in [5.74, 6) is 0.833. The van der Waals surface area contributed by atoms with E-state index in [2.05, 4.69) is 138 Å². The number of fused-ring (bicyclic) bond motifs is 4. The van der Waals surface area contributed by atoms with Crippen molar-refractivity contribution in [3.63, 3.8) is 0 Å². The fourth-order valence-corrected chi connectivity index (χ4v) is 8.70. The van der Waals surface area contributed by atoms with Gasteiger partial charge in [0.1, 0.15) is 10.7 Å². The Bertz CT molecular complexity index is 3060. The Hall–Kier alpha value is -6.62. The molecule has 0 spiro atoms. The van der Waals surface area contributed by atoms with E-state index < -0.39 is 6.85 Å². The first kappa shape index (κ1) is 28.0. The van der Waals surface area contributed by atoms with Gasteiger partial charge in [-0.15, -0.1) is 11.3 Å². The van der Waals surface area contributed by atoms with Gasteiger partial charge in [-0.25, -0.2) is 9.97 Å². The Kier molecular flexibility index (Phi) is 6.80. The number of aryl methyl sites for hydroxylation is 1. The van der Waals surface area contributed by atoms with Crippen molar-refractivity contribution in [1.29, 1.82) is 0 Å². The summed E-state index contributed by atoms with van der Waals surface area (Å²) in [4.78, 5) is 11.4. The number of aromatic nitrogens is 3. The van der Waals surface area contributed by atoms with Gasteiger partial charge >= 0.3 is 0 Å². The third-order valence-corrected chi connectivity index (χ3v) is 11.1. The zero-order valence-electron chi connectivity index (χ0n) is 31.6. The first-order valence-corrected chi connectivity index (χ1v) is 18.5. The molecule has 53 heavy (non-hydrogen) atoms. The van der Waals surface area contributed by atoms with E-state index in [1.807, 2.05) is 36.4 Å². The van der Waals surface area contributed by atoms with Crippen LogP contribution >= 0.6 is 11.3 Å². The van der Waals surface area contributed by atoms with E-state index in [-0.39, 0.29) is 0 Å². The molecular formula is C49H33N3S. The van der Waals surface area contributed by atoms with Gasteiger partial charge in [-0.2, -0.15) is 0 Å². The summed E-state index contributed by atoms with van der Waals surface area (Å²) < 4.78 is 28.0. The molecule has 4 heteroatoms. The van der Waals surface area contributed by atoms with Gasteiger partial charge in [-0.05, 0) is 82.7 Å². The van der Waals surface area contributed by atoms with Gasteiger partial charge in [-0.3, -0.25) is 4.57 Å². The maximum atomic E-state index is 8.22. The molecule has 0 atom stereocenters. The quantitative estimate of drug-likeness (QED) is 0.173. The maximum Gasteiger partial charge on any atom is 0.147 e. The summed E-state index contributed by atoms with van der Waals surface area (Å²) in [6.07, 6.45) is 0. The van der Waals surface area contributed by atoms with Crippen molar-refractivity contribution in [3.8, 4) is 61.7 Å². The van der Waals surface area contributed by atoms with E-state index >= 15 is 0 Å². The number of para-hydroxylation sites is 2. The molecule has 0 saturated heterocycles. The molecule has 0 bridgehead atoms. The fraction of sp³-hybridized carbons (Fsp3) is 0.0204. The third-order valence-electron chi connectivity index (χ3n) is 10.0. The molecule has 0 N–H and O–H groups in total. The molecule has 0 fully saturated rings.